The number of rotatable bonds is 5. The second-order valence-electron chi connectivity index (χ2n) is 4.02. The van der Waals surface area contributed by atoms with Gasteiger partial charge in [0.05, 0.1) is 31.2 Å². The van der Waals surface area contributed by atoms with Crippen molar-refractivity contribution in [1.29, 1.82) is 0 Å². The summed E-state index contributed by atoms with van der Waals surface area (Å²) in [7, 11) is 0. The number of hydrogen-bond acceptors (Lipinski definition) is 4. The van der Waals surface area contributed by atoms with Gasteiger partial charge in [-0.3, -0.25) is 4.68 Å². The minimum absolute atomic E-state index is 0.102. The predicted molar refractivity (Wildman–Crippen MR) is 73.3 cm³/mol. The molecule has 2 N–H and O–H groups in total. The summed E-state index contributed by atoms with van der Waals surface area (Å²) in [6.45, 7) is 3.32. The lowest BCUT2D eigenvalue weighted by atomic mass is 10.3. The molecule has 5 nitrogen and oxygen atoms in total. The number of aromatic nitrogens is 3. The Morgan fingerprint density at radius 3 is 3.00 bits per heavy atom. The number of aryl methyl sites for hydroxylation is 1. The first-order valence-electron chi connectivity index (χ1n) is 5.67. The number of hydrogen-bond donors (Lipinski definition) is 2. The largest absolute Gasteiger partial charge is 0.394 e. The zero-order valence-electron chi connectivity index (χ0n) is 10.1. The van der Waals surface area contributed by atoms with Crippen molar-refractivity contribution in [1.82, 2.24) is 14.8 Å². The van der Waals surface area contributed by atoms with Gasteiger partial charge in [0.2, 0.25) is 0 Å². The van der Waals surface area contributed by atoms with Crippen LogP contribution >= 0.6 is 15.9 Å². The van der Waals surface area contributed by atoms with Crippen molar-refractivity contribution in [3.63, 3.8) is 0 Å². The molecule has 0 aliphatic heterocycles. The van der Waals surface area contributed by atoms with Crippen LogP contribution in [0.5, 0.6) is 0 Å². The number of aliphatic hydroxyl groups excluding tert-OH is 1. The fourth-order valence-electron chi connectivity index (χ4n) is 1.58. The first-order valence-corrected chi connectivity index (χ1v) is 6.46. The van der Waals surface area contributed by atoms with Crippen LogP contribution in [0.25, 0.3) is 0 Å². The highest BCUT2D eigenvalue weighted by Gasteiger charge is 2.01. The lowest BCUT2D eigenvalue weighted by Crippen LogP contribution is -2.02. The van der Waals surface area contributed by atoms with Crippen LogP contribution in [0.3, 0.4) is 0 Å². The van der Waals surface area contributed by atoms with Crippen molar-refractivity contribution in [2.45, 2.75) is 20.0 Å². The smallest absolute Gasteiger partial charge is 0.109 e. The topological polar surface area (TPSA) is 63.0 Å². The minimum atomic E-state index is 0.102. The van der Waals surface area contributed by atoms with E-state index in [-0.39, 0.29) is 6.61 Å². The zero-order chi connectivity index (χ0) is 13.0. The molecular weight excluding hydrogens is 296 g/mol. The van der Waals surface area contributed by atoms with Crippen LogP contribution in [0, 0.1) is 6.92 Å². The van der Waals surface area contributed by atoms with Gasteiger partial charge in [0, 0.05) is 18.3 Å². The van der Waals surface area contributed by atoms with Gasteiger partial charge in [0.25, 0.3) is 0 Å². The highest BCUT2D eigenvalue weighted by molar-refractivity contribution is 9.10. The Hall–Kier alpha value is -1.40. The number of pyridine rings is 1. The van der Waals surface area contributed by atoms with Crippen LogP contribution in [0.4, 0.5) is 5.69 Å². The van der Waals surface area contributed by atoms with Gasteiger partial charge < -0.3 is 10.4 Å². The Morgan fingerprint density at radius 2 is 2.28 bits per heavy atom. The van der Waals surface area contributed by atoms with E-state index in [1.54, 1.807) is 17.1 Å². The quantitative estimate of drug-likeness (QED) is 0.829. The summed E-state index contributed by atoms with van der Waals surface area (Å²) in [5.41, 5.74) is 3.14. The highest BCUT2D eigenvalue weighted by atomic mass is 79.9. The molecule has 96 valence electrons. The number of nitrogens with one attached hydrogen (secondary N) is 1. The fraction of sp³-hybridized carbons (Fsp3) is 0.333. The molecule has 0 atom stereocenters. The molecule has 0 aliphatic rings. The average Bonchev–Trinajstić information content (AvgIpc) is 2.79. The predicted octanol–water partition coefficient (Wildman–Crippen LogP) is 1.95. The van der Waals surface area contributed by atoms with E-state index in [1.807, 2.05) is 19.2 Å². The number of halogens is 1. The third-order valence-corrected chi connectivity index (χ3v) is 3.36. The molecule has 2 aromatic rings. The third kappa shape index (κ3) is 3.30. The van der Waals surface area contributed by atoms with Crippen LogP contribution in [0.15, 0.2) is 29.3 Å². The van der Waals surface area contributed by atoms with E-state index < -0.39 is 0 Å². The van der Waals surface area contributed by atoms with Crippen molar-refractivity contribution < 1.29 is 5.11 Å². The molecule has 0 fully saturated rings. The fourth-order valence-corrected chi connectivity index (χ4v) is 1.80. The van der Waals surface area contributed by atoms with E-state index in [1.165, 1.54) is 0 Å². The van der Waals surface area contributed by atoms with E-state index in [0.717, 1.165) is 21.4 Å². The normalized spacial score (nSPS) is 10.6. The summed E-state index contributed by atoms with van der Waals surface area (Å²) < 4.78 is 2.59. The van der Waals surface area contributed by atoms with Gasteiger partial charge in [0.1, 0.15) is 4.60 Å². The Balaban J connectivity index is 1.95. The summed E-state index contributed by atoms with van der Waals surface area (Å²) in [5, 5.41) is 16.2. The van der Waals surface area contributed by atoms with Gasteiger partial charge >= 0.3 is 0 Å². The Kier molecular flexibility index (Phi) is 4.33. The summed E-state index contributed by atoms with van der Waals surface area (Å²) in [5.74, 6) is 0. The van der Waals surface area contributed by atoms with E-state index >= 15 is 0 Å². The number of nitrogens with zero attached hydrogens (tertiary/aromatic N) is 3. The first kappa shape index (κ1) is 13.0. The SMILES string of the molecule is Cc1cc(NCc2cnn(CCO)c2)cnc1Br. The Labute approximate surface area is 114 Å². The lowest BCUT2D eigenvalue weighted by Gasteiger charge is -2.06. The van der Waals surface area contributed by atoms with Gasteiger partial charge in [0.15, 0.2) is 0 Å². The van der Waals surface area contributed by atoms with Crippen LogP contribution < -0.4 is 5.32 Å². The van der Waals surface area contributed by atoms with Crippen molar-refractivity contribution in [2.24, 2.45) is 0 Å². The molecule has 18 heavy (non-hydrogen) atoms. The number of anilines is 1. The average molecular weight is 311 g/mol. The highest BCUT2D eigenvalue weighted by Crippen LogP contribution is 2.17. The first-order chi connectivity index (χ1) is 8.69. The summed E-state index contributed by atoms with van der Waals surface area (Å²) in [6.07, 6.45) is 5.50. The lowest BCUT2D eigenvalue weighted by molar-refractivity contribution is 0.269. The molecule has 0 unspecified atom stereocenters. The van der Waals surface area contributed by atoms with E-state index in [0.29, 0.717) is 13.1 Å². The van der Waals surface area contributed by atoms with Gasteiger partial charge in [-0.2, -0.15) is 5.10 Å². The second kappa shape index (κ2) is 5.97. The van der Waals surface area contributed by atoms with Crippen molar-refractivity contribution in [3.05, 3.63) is 40.4 Å². The maximum atomic E-state index is 8.80. The van der Waals surface area contributed by atoms with Crippen LogP contribution in [0.1, 0.15) is 11.1 Å². The van der Waals surface area contributed by atoms with Crippen LogP contribution in [-0.2, 0) is 13.1 Å². The Bertz CT molecular complexity index is 527. The molecular formula is C12H15BrN4O. The zero-order valence-corrected chi connectivity index (χ0v) is 11.7. The summed E-state index contributed by atoms with van der Waals surface area (Å²) >= 11 is 3.37. The standard InChI is InChI=1S/C12H15BrN4O/c1-9-4-11(7-15-12(9)13)14-5-10-6-16-17(8-10)2-3-18/h4,6-8,14,18H,2-3,5H2,1H3. The molecule has 0 aliphatic carbocycles. The molecule has 0 spiro atoms. The number of aliphatic hydroxyl groups is 1. The molecule has 0 radical (unpaired) electrons. The van der Waals surface area contributed by atoms with E-state index in [4.69, 9.17) is 5.11 Å². The molecule has 0 saturated heterocycles. The van der Waals surface area contributed by atoms with Crippen molar-refractivity contribution >= 4 is 21.6 Å². The van der Waals surface area contributed by atoms with Crippen molar-refractivity contribution in [2.75, 3.05) is 11.9 Å². The molecule has 0 aromatic carbocycles. The molecule has 2 aromatic heterocycles. The van der Waals surface area contributed by atoms with E-state index in [2.05, 4.69) is 31.3 Å². The van der Waals surface area contributed by atoms with E-state index in [9.17, 15) is 0 Å². The van der Waals surface area contributed by atoms with Gasteiger partial charge in [-0.05, 0) is 34.5 Å². The van der Waals surface area contributed by atoms with Gasteiger partial charge in [-0.15, -0.1) is 0 Å². The van der Waals surface area contributed by atoms with Gasteiger partial charge in [-0.25, -0.2) is 4.98 Å². The molecule has 0 amide bonds. The molecule has 0 bridgehead atoms. The molecule has 2 heterocycles. The molecule has 0 saturated carbocycles. The molecule has 6 heteroatoms. The third-order valence-electron chi connectivity index (χ3n) is 2.53. The van der Waals surface area contributed by atoms with Gasteiger partial charge in [-0.1, -0.05) is 0 Å². The van der Waals surface area contributed by atoms with Crippen molar-refractivity contribution in [3.8, 4) is 0 Å². The maximum absolute atomic E-state index is 8.80. The van der Waals surface area contributed by atoms with Crippen LogP contribution in [0.2, 0.25) is 0 Å². The summed E-state index contributed by atoms with van der Waals surface area (Å²) in [6, 6.07) is 2.04. The summed E-state index contributed by atoms with van der Waals surface area (Å²) in [4.78, 5) is 4.23. The second-order valence-corrected chi connectivity index (χ2v) is 4.77. The minimum Gasteiger partial charge on any atom is -0.394 e. The monoisotopic (exact) mass is 310 g/mol. The molecule has 2 rings (SSSR count). The Morgan fingerprint density at radius 1 is 1.44 bits per heavy atom. The van der Waals surface area contributed by atoms with Crippen LogP contribution in [-0.4, -0.2) is 26.5 Å². The maximum Gasteiger partial charge on any atom is 0.109 e.